The normalized spacial score (nSPS) is 9.54. The molecule has 3 nitrogen and oxygen atoms in total. The molecule has 0 atom stereocenters. The standard InChI is InChI=1S/C9H7O3S/c10-5-6-13-8-4-2-1-3-7(8)9(11)12/h1-4H,6H2,(H,11,12). The molecule has 67 valence electrons. The summed E-state index contributed by atoms with van der Waals surface area (Å²) >= 11 is 1.17. The first-order chi connectivity index (χ1) is 6.25. The molecule has 0 heterocycles. The lowest BCUT2D eigenvalue weighted by atomic mass is 10.2. The number of carbonyl (C=O) groups is 1. The third-order valence-corrected chi connectivity index (χ3v) is 2.33. The molecule has 0 amide bonds. The highest BCUT2D eigenvalue weighted by Crippen LogP contribution is 2.21. The molecule has 1 N–H and O–H groups in total. The Hall–Kier alpha value is -1.29. The van der Waals surface area contributed by atoms with Crippen molar-refractivity contribution in [3.63, 3.8) is 0 Å². The highest BCUT2D eigenvalue weighted by atomic mass is 32.2. The van der Waals surface area contributed by atoms with Gasteiger partial charge in [-0.3, -0.25) is 4.79 Å². The van der Waals surface area contributed by atoms with E-state index in [0.717, 1.165) is 0 Å². The van der Waals surface area contributed by atoms with Crippen LogP contribution in [0.1, 0.15) is 10.4 Å². The van der Waals surface area contributed by atoms with Gasteiger partial charge in [-0.05, 0) is 12.1 Å². The van der Waals surface area contributed by atoms with Crippen molar-refractivity contribution >= 4 is 24.0 Å². The largest absolute Gasteiger partial charge is 0.478 e. The molecule has 0 fully saturated rings. The van der Waals surface area contributed by atoms with Crippen LogP contribution in [0.25, 0.3) is 0 Å². The average molecular weight is 195 g/mol. The van der Waals surface area contributed by atoms with Gasteiger partial charge in [0, 0.05) is 4.90 Å². The van der Waals surface area contributed by atoms with Crippen molar-refractivity contribution in [3.05, 3.63) is 29.8 Å². The molecule has 0 saturated heterocycles. The van der Waals surface area contributed by atoms with Crippen LogP contribution in [0, 0.1) is 0 Å². The van der Waals surface area contributed by atoms with Gasteiger partial charge in [0.15, 0.2) is 0 Å². The molecule has 0 spiro atoms. The maximum absolute atomic E-state index is 10.7. The Kier molecular flexibility index (Phi) is 3.52. The molecule has 0 aromatic heterocycles. The van der Waals surface area contributed by atoms with E-state index in [4.69, 9.17) is 5.11 Å². The van der Waals surface area contributed by atoms with Crippen LogP contribution in [0.2, 0.25) is 0 Å². The van der Waals surface area contributed by atoms with Crippen LogP contribution in [0.5, 0.6) is 0 Å². The summed E-state index contributed by atoms with van der Waals surface area (Å²) in [7, 11) is 0. The highest BCUT2D eigenvalue weighted by Gasteiger charge is 2.08. The van der Waals surface area contributed by atoms with Gasteiger partial charge in [0.05, 0.1) is 11.3 Å². The van der Waals surface area contributed by atoms with E-state index in [1.54, 1.807) is 24.5 Å². The Bertz CT molecular complexity index is 322. The van der Waals surface area contributed by atoms with Crippen LogP contribution in [0.3, 0.4) is 0 Å². The molecular formula is C9H7O3S. The zero-order valence-electron chi connectivity index (χ0n) is 6.69. The number of carboxylic acids is 1. The number of benzene rings is 1. The van der Waals surface area contributed by atoms with Crippen LogP contribution < -0.4 is 0 Å². The second kappa shape index (κ2) is 4.67. The third-order valence-electron chi connectivity index (χ3n) is 1.40. The van der Waals surface area contributed by atoms with Crippen LogP contribution in [0.15, 0.2) is 29.2 Å². The minimum absolute atomic E-state index is 0.157. The number of hydrogen-bond acceptors (Lipinski definition) is 3. The van der Waals surface area contributed by atoms with Gasteiger partial charge in [0.25, 0.3) is 0 Å². The molecular weight excluding hydrogens is 188 g/mol. The van der Waals surface area contributed by atoms with Crippen molar-refractivity contribution in [3.8, 4) is 0 Å². The van der Waals surface area contributed by atoms with Gasteiger partial charge in [-0.2, -0.15) is 0 Å². The maximum atomic E-state index is 10.7. The van der Waals surface area contributed by atoms with E-state index in [-0.39, 0.29) is 11.3 Å². The molecule has 1 rings (SSSR count). The van der Waals surface area contributed by atoms with Gasteiger partial charge < -0.3 is 5.11 Å². The Labute approximate surface area is 79.8 Å². The fourth-order valence-electron chi connectivity index (χ4n) is 0.876. The predicted molar refractivity (Wildman–Crippen MR) is 49.8 cm³/mol. The molecule has 1 aromatic carbocycles. The summed E-state index contributed by atoms with van der Waals surface area (Å²) in [6.45, 7) is 0. The predicted octanol–water partition coefficient (Wildman–Crippen LogP) is 1.59. The van der Waals surface area contributed by atoms with E-state index >= 15 is 0 Å². The van der Waals surface area contributed by atoms with E-state index in [1.165, 1.54) is 17.8 Å². The topological polar surface area (TPSA) is 54.4 Å². The SMILES string of the molecule is O=[C]CSc1ccccc1C(=O)O. The lowest BCUT2D eigenvalue weighted by molar-refractivity contribution is 0.0693. The van der Waals surface area contributed by atoms with Crippen molar-refractivity contribution in [2.24, 2.45) is 0 Å². The van der Waals surface area contributed by atoms with Crippen LogP contribution >= 0.6 is 11.8 Å². The first kappa shape index (κ1) is 9.80. The maximum Gasteiger partial charge on any atom is 0.336 e. The van der Waals surface area contributed by atoms with Crippen molar-refractivity contribution < 1.29 is 14.7 Å². The molecule has 0 aliphatic rings. The zero-order valence-corrected chi connectivity index (χ0v) is 7.50. The Morgan fingerprint density at radius 1 is 1.46 bits per heavy atom. The van der Waals surface area contributed by atoms with E-state index in [0.29, 0.717) is 4.90 Å². The van der Waals surface area contributed by atoms with Crippen molar-refractivity contribution in [1.29, 1.82) is 0 Å². The molecule has 0 aliphatic carbocycles. The zero-order chi connectivity index (χ0) is 9.68. The van der Waals surface area contributed by atoms with Crippen molar-refractivity contribution in [2.75, 3.05) is 5.75 Å². The summed E-state index contributed by atoms with van der Waals surface area (Å²) in [4.78, 5) is 21.2. The number of thioether (sulfide) groups is 1. The molecule has 1 radical (unpaired) electrons. The molecule has 0 saturated carbocycles. The molecule has 0 unspecified atom stereocenters. The van der Waals surface area contributed by atoms with Gasteiger partial charge in [-0.1, -0.05) is 12.1 Å². The number of hydrogen-bond donors (Lipinski definition) is 1. The quantitative estimate of drug-likeness (QED) is 0.741. The molecule has 13 heavy (non-hydrogen) atoms. The van der Waals surface area contributed by atoms with Crippen LogP contribution in [-0.2, 0) is 4.79 Å². The molecule has 4 heteroatoms. The lowest BCUT2D eigenvalue weighted by Crippen LogP contribution is -1.98. The first-order valence-electron chi connectivity index (χ1n) is 3.56. The second-order valence-electron chi connectivity index (χ2n) is 2.23. The van der Waals surface area contributed by atoms with Gasteiger partial charge in [-0.15, -0.1) is 11.8 Å². The van der Waals surface area contributed by atoms with E-state index in [9.17, 15) is 9.59 Å². The second-order valence-corrected chi connectivity index (χ2v) is 3.25. The summed E-state index contributed by atoms with van der Waals surface area (Å²) in [6.07, 6.45) is 1.70. The van der Waals surface area contributed by atoms with E-state index in [2.05, 4.69) is 0 Å². The summed E-state index contributed by atoms with van der Waals surface area (Å²) in [5, 5.41) is 8.75. The van der Waals surface area contributed by atoms with Crippen molar-refractivity contribution in [1.82, 2.24) is 0 Å². The van der Waals surface area contributed by atoms with E-state index in [1.807, 2.05) is 0 Å². The Morgan fingerprint density at radius 2 is 2.15 bits per heavy atom. The first-order valence-corrected chi connectivity index (χ1v) is 4.54. The summed E-state index contributed by atoms with van der Waals surface area (Å²) < 4.78 is 0. The third kappa shape index (κ3) is 2.59. The fraction of sp³-hybridized carbons (Fsp3) is 0.111. The van der Waals surface area contributed by atoms with E-state index < -0.39 is 5.97 Å². The number of carboxylic acid groups (broad SMARTS) is 1. The highest BCUT2D eigenvalue weighted by molar-refractivity contribution is 8.00. The summed E-state index contributed by atoms with van der Waals surface area (Å²) in [5.41, 5.74) is 0.225. The van der Waals surface area contributed by atoms with Crippen molar-refractivity contribution in [2.45, 2.75) is 4.90 Å². The van der Waals surface area contributed by atoms with Crippen LogP contribution in [-0.4, -0.2) is 23.1 Å². The molecule has 1 aromatic rings. The molecule has 0 aliphatic heterocycles. The minimum Gasteiger partial charge on any atom is -0.478 e. The average Bonchev–Trinajstić information content (AvgIpc) is 2.15. The Balaban J connectivity index is 2.90. The smallest absolute Gasteiger partial charge is 0.336 e. The number of carbonyl (C=O) groups excluding carboxylic acids is 1. The lowest BCUT2D eigenvalue weighted by Gasteiger charge is -2.01. The number of rotatable bonds is 4. The van der Waals surface area contributed by atoms with Gasteiger partial charge in [0.1, 0.15) is 0 Å². The molecule has 0 bridgehead atoms. The minimum atomic E-state index is -0.978. The van der Waals surface area contributed by atoms with Gasteiger partial charge >= 0.3 is 5.97 Å². The van der Waals surface area contributed by atoms with Gasteiger partial charge in [0.2, 0.25) is 6.29 Å². The summed E-state index contributed by atoms with van der Waals surface area (Å²) in [5.74, 6) is -0.821. The monoisotopic (exact) mass is 195 g/mol. The summed E-state index contributed by atoms with van der Waals surface area (Å²) in [6, 6.07) is 6.57. The number of aromatic carboxylic acids is 1. The fourth-order valence-corrected chi connectivity index (χ4v) is 1.58. The Morgan fingerprint density at radius 3 is 2.77 bits per heavy atom. The van der Waals surface area contributed by atoms with Gasteiger partial charge in [-0.25, -0.2) is 4.79 Å². The van der Waals surface area contributed by atoms with Crippen LogP contribution in [0.4, 0.5) is 0 Å².